The average molecular weight is 246 g/mol. The van der Waals surface area contributed by atoms with Gasteiger partial charge in [-0.05, 0) is 37.3 Å². The minimum absolute atomic E-state index is 0.114. The maximum Gasteiger partial charge on any atom is 0.0547 e. The molecule has 1 unspecified atom stereocenters. The lowest BCUT2D eigenvalue weighted by atomic mass is 9.88. The molecule has 2 aliphatic heterocycles. The Morgan fingerprint density at radius 2 is 2.11 bits per heavy atom. The molecule has 1 atom stereocenters. The van der Waals surface area contributed by atoms with Crippen molar-refractivity contribution in [2.75, 3.05) is 31.2 Å². The Balaban J connectivity index is 1.93. The van der Waals surface area contributed by atoms with Crippen LogP contribution >= 0.6 is 0 Å². The maximum atomic E-state index is 6.15. The van der Waals surface area contributed by atoms with Gasteiger partial charge in [-0.15, -0.1) is 0 Å². The summed E-state index contributed by atoms with van der Waals surface area (Å²) in [7, 11) is 0. The van der Waals surface area contributed by atoms with Gasteiger partial charge >= 0.3 is 0 Å². The topological polar surface area (TPSA) is 38.5 Å². The van der Waals surface area contributed by atoms with Crippen molar-refractivity contribution < 1.29 is 4.74 Å². The highest BCUT2D eigenvalue weighted by Gasteiger charge is 2.39. The first-order valence-corrected chi connectivity index (χ1v) is 6.99. The van der Waals surface area contributed by atoms with E-state index in [1.54, 1.807) is 0 Å². The normalized spacial score (nSPS) is 27.9. The zero-order valence-electron chi connectivity index (χ0n) is 10.9. The van der Waals surface area contributed by atoms with Crippen LogP contribution in [0.25, 0.3) is 0 Å². The Labute approximate surface area is 109 Å². The fourth-order valence-electron chi connectivity index (χ4n) is 3.41. The zero-order chi connectivity index (χ0) is 12.4. The molecule has 0 amide bonds. The van der Waals surface area contributed by atoms with Gasteiger partial charge in [-0.3, -0.25) is 0 Å². The molecule has 2 heterocycles. The van der Waals surface area contributed by atoms with E-state index in [0.29, 0.717) is 0 Å². The molecule has 18 heavy (non-hydrogen) atoms. The first kappa shape index (κ1) is 12.0. The number of benzene rings is 1. The van der Waals surface area contributed by atoms with E-state index in [1.165, 1.54) is 11.3 Å². The molecule has 98 valence electrons. The van der Waals surface area contributed by atoms with Gasteiger partial charge in [0.15, 0.2) is 0 Å². The molecule has 1 saturated heterocycles. The van der Waals surface area contributed by atoms with Gasteiger partial charge in [0.05, 0.1) is 5.54 Å². The first-order chi connectivity index (χ1) is 8.86. The molecule has 1 fully saturated rings. The summed E-state index contributed by atoms with van der Waals surface area (Å²) in [5.41, 5.74) is 9.12. The standard InChI is InChI=1S/C15H22N2O/c16-12-15(7-3-10-18-11-8-15)17-9-6-13-4-1-2-5-14(13)17/h1-2,4-5H,3,6-12,16H2. The molecule has 2 N–H and O–H groups in total. The summed E-state index contributed by atoms with van der Waals surface area (Å²) < 4.78 is 5.62. The minimum atomic E-state index is 0.114. The van der Waals surface area contributed by atoms with Gasteiger partial charge in [-0.2, -0.15) is 0 Å². The third kappa shape index (κ3) is 1.91. The summed E-state index contributed by atoms with van der Waals surface area (Å²) in [6.07, 6.45) is 4.48. The van der Waals surface area contributed by atoms with Crippen LogP contribution in [-0.4, -0.2) is 31.8 Å². The summed E-state index contributed by atoms with van der Waals surface area (Å²) >= 11 is 0. The lowest BCUT2D eigenvalue weighted by Gasteiger charge is -2.42. The van der Waals surface area contributed by atoms with Crippen LogP contribution in [-0.2, 0) is 11.2 Å². The first-order valence-electron chi connectivity index (χ1n) is 6.99. The molecule has 2 aliphatic rings. The lowest BCUT2D eigenvalue weighted by molar-refractivity contribution is 0.139. The molecule has 3 heteroatoms. The van der Waals surface area contributed by atoms with Crippen LogP contribution in [0, 0.1) is 0 Å². The van der Waals surface area contributed by atoms with E-state index in [1.807, 2.05) is 0 Å². The molecular formula is C15H22N2O. The zero-order valence-corrected chi connectivity index (χ0v) is 10.9. The van der Waals surface area contributed by atoms with Crippen LogP contribution in [0.3, 0.4) is 0 Å². The maximum absolute atomic E-state index is 6.15. The number of nitrogens with zero attached hydrogens (tertiary/aromatic N) is 1. The lowest BCUT2D eigenvalue weighted by Crippen LogP contribution is -2.53. The molecule has 0 saturated carbocycles. The van der Waals surface area contributed by atoms with Crippen molar-refractivity contribution in [1.82, 2.24) is 0 Å². The van der Waals surface area contributed by atoms with Gasteiger partial charge in [-0.25, -0.2) is 0 Å². The summed E-state index contributed by atoms with van der Waals surface area (Å²) in [5.74, 6) is 0. The van der Waals surface area contributed by atoms with Crippen LogP contribution in [0.5, 0.6) is 0 Å². The molecule has 0 radical (unpaired) electrons. The number of para-hydroxylation sites is 1. The highest BCUT2D eigenvalue weighted by Crippen LogP contribution is 2.38. The average Bonchev–Trinajstić information content (AvgIpc) is 2.70. The van der Waals surface area contributed by atoms with Gasteiger partial charge in [0.2, 0.25) is 0 Å². The van der Waals surface area contributed by atoms with Crippen molar-refractivity contribution >= 4 is 5.69 Å². The molecule has 1 aromatic carbocycles. The van der Waals surface area contributed by atoms with E-state index in [9.17, 15) is 0 Å². The highest BCUT2D eigenvalue weighted by molar-refractivity contribution is 5.60. The quantitative estimate of drug-likeness (QED) is 0.867. The summed E-state index contributed by atoms with van der Waals surface area (Å²) in [6.45, 7) is 3.56. The number of nitrogens with two attached hydrogens (primary N) is 1. The molecule has 0 aliphatic carbocycles. The minimum Gasteiger partial charge on any atom is -0.381 e. The number of hydrogen-bond acceptors (Lipinski definition) is 3. The van der Waals surface area contributed by atoms with E-state index in [-0.39, 0.29) is 5.54 Å². The SMILES string of the molecule is NCC1(N2CCc3ccccc32)CCCOCC1. The fraction of sp³-hybridized carbons (Fsp3) is 0.600. The van der Waals surface area contributed by atoms with E-state index in [2.05, 4.69) is 29.2 Å². The van der Waals surface area contributed by atoms with Crippen LogP contribution in [0.1, 0.15) is 24.8 Å². The van der Waals surface area contributed by atoms with Crippen molar-refractivity contribution in [2.24, 2.45) is 5.73 Å². The highest BCUT2D eigenvalue weighted by atomic mass is 16.5. The van der Waals surface area contributed by atoms with Crippen molar-refractivity contribution in [3.63, 3.8) is 0 Å². The van der Waals surface area contributed by atoms with Gasteiger partial charge < -0.3 is 15.4 Å². The van der Waals surface area contributed by atoms with E-state index in [4.69, 9.17) is 10.5 Å². The number of ether oxygens (including phenoxy) is 1. The Bertz CT molecular complexity index is 411. The number of anilines is 1. The Kier molecular flexibility index (Phi) is 3.27. The molecule has 3 nitrogen and oxygen atoms in total. The van der Waals surface area contributed by atoms with E-state index < -0.39 is 0 Å². The Morgan fingerprint density at radius 3 is 3.00 bits per heavy atom. The second kappa shape index (κ2) is 4.90. The van der Waals surface area contributed by atoms with Crippen molar-refractivity contribution in [1.29, 1.82) is 0 Å². The van der Waals surface area contributed by atoms with E-state index >= 15 is 0 Å². The molecule has 1 aromatic rings. The summed E-state index contributed by atoms with van der Waals surface area (Å²) in [4.78, 5) is 2.55. The molecular weight excluding hydrogens is 224 g/mol. The third-order valence-corrected chi connectivity index (χ3v) is 4.48. The second-order valence-corrected chi connectivity index (χ2v) is 5.42. The Morgan fingerprint density at radius 1 is 1.22 bits per heavy atom. The van der Waals surface area contributed by atoms with Crippen LogP contribution in [0.4, 0.5) is 5.69 Å². The number of rotatable bonds is 2. The monoisotopic (exact) mass is 246 g/mol. The van der Waals surface area contributed by atoms with Crippen molar-refractivity contribution in [3.8, 4) is 0 Å². The summed E-state index contributed by atoms with van der Waals surface area (Å²) in [6, 6.07) is 8.75. The number of hydrogen-bond donors (Lipinski definition) is 1. The molecule has 0 aromatic heterocycles. The molecule has 3 rings (SSSR count). The fourth-order valence-corrected chi connectivity index (χ4v) is 3.41. The summed E-state index contributed by atoms with van der Waals surface area (Å²) in [5, 5.41) is 0. The predicted octanol–water partition coefficient (Wildman–Crippen LogP) is 1.95. The molecule has 0 bridgehead atoms. The second-order valence-electron chi connectivity index (χ2n) is 5.42. The molecule has 0 spiro atoms. The van der Waals surface area contributed by atoms with Crippen molar-refractivity contribution in [2.45, 2.75) is 31.2 Å². The number of fused-ring (bicyclic) bond motifs is 1. The van der Waals surface area contributed by atoms with Gasteiger partial charge in [-0.1, -0.05) is 18.2 Å². The third-order valence-electron chi connectivity index (χ3n) is 4.48. The smallest absolute Gasteiger partial charge is 0.0547 e. The predicted molar refractivity (Wildman–Crippen MR) is 73.9 cm³/mol. The Hall–Kier alpha value is -1.06. The van der Waals surface area contributed by atoms with Crippen molar-refractivity contribution in [3.05, 3.63) is 29.8 Å². The van der Waals surface area contributed by atoms with E-state index in [0.717, 1.165) is 52.0 Å². The van der Waals surface area contributed by atoms with Gasteiger partial charge in [0, 0.05) is 32.0 Å². The van der Waals surface area contributed by atoms with Crippen LogP contribution in [0.15, 0.2) is 24.3 Å². The van der Waals surface area contributed by atoms with Crippen LogP contribution < -0.4 is 10.6 Å². The largest absolute Gasteiger partial charge is 0.381 e. The van der Waals surface area contributed by atoms with Crippen LogP contribution in [0.2, 0.25) is 0 Å². The van der Waals surface area contributed by atoms with Gasteiger partial charge in [0.1, 0.15) is 0 Å². The van der Waals surface area contributed by atoms with Gasteiger partial charge in [0.25, 0.3) is 0 Å².